The van der Waals surface area contributed by atoms with Crippen molar-refractivity contribution in [2.45, 2.75) is 44.6 Å². The Morgan fingerprint density at radius 2 is 2.00 bits per heavy atom. The highest BCUT2D eigenvalue weighted by molar-refractivity contribution is 6.18. The summed E-state index contributed by atoms with van der Waals surface area (Å²) < 4.78 is 14.9. The average molecular weight is 461 g/mol. The van der Waals surface area contributed by atoms with Crippen LogP contribution in [0.1, 0.15) is 65.5 Å². The van der Waals surface area contributed by atoms with Gasteiger partial charge >= 0.3 is 0 Å². The second-order valence-corrected chi connectivity index (χ2v) is 9.33. The zero-order valence-corrected chi connectivity index (χ0v) is 19.0. The van der Waals surface area contributed by atoms with Crippen molar-refractivity contribution in [1.29, 1.82) is 0 Å². The third kappa shape index (κ3) is 4.65. The predicted molar refractivity (Wildman–Crippen MR) is 125 cm³/mol. The molecule has 3 N–H and O–H groups in total. The number of H-pyrrole nitrogens is 1. The summed E-state index contributed by atoms with van der Waals surface area (Å²) in [4.78, 5) is 33.0. The molecule has 4 heterocycles. The number of anilines is 1. The minimum absolute atomic E-state index is 0.135. The van der Waals surface area contributed by atoms with Crippen LogP contribution in [-0.2, 0) is 6.42 Å². The van der Waals surface area contributed by atoms with Crippen molar-refractivity contribution in [3.63, 3.8) is 0 Å². The van der Waals surface area contributed by atoms with Gasteiger partial charge in [-0.15, -0.1) is 0 Å². The normalized spacial score (nSPS) is 13.9. The van der Waals surface area contributed by atoms with E-state index in [4.69, 9.17) is 0 Å². The number of nitrogens with one attached hydrogen (secondary N) is 2. The van der Waals surface area contributed by atoms with E-state index in [9.17, 15) is 14.3 Å². The van der Waals surface area contributed by atoms with E-state index in [-0.39, 0.29) is 17.7 Å². The Bertz CT molecular complexity index is 1360. The molecule has 0 aromatic carbocycles. The van der Waals surface area contributed by atoms with Gasteiger partial charge in [0.05, 0.1) is 22.1 Å². The summed E-state index contributed by atoms with van der Waals surface area (Å²) >= 11 is 0. The van der Waals surface area contributed by atoms with Crippen LogP contribution in [0.2, 0.25) is 0 Å². The van der Waals surface area contributed by atoms with Gasteiger partial charge in [0, 0.05) is 42.7 Å². The van der Waals surface area contributed by atoms with Crippen LogP contribution in [0.4, 0.5) is 10.2 Å². The minimum Gasteiger partial charge on any atom is -0.389 e. The average Bonchev–Trinajstić information content (AvgIpc) is 3.56. The number of hydrogen-bond acceptors (Lipinski definition) is 7. The lowest BCUT2D eigenvalue weighted by Crippen LogP contribution is -2.29. The third-order valence-electron chi connectivity index (χ3n) is 5.78. The highest BCUT2D eigenvalue weighted by Crippen LogP contribution is 2.38. The number of halogens is 1. The molecule has 1 aliphatic carbocycles. The van der Waals surface area contributed by atoms with Gasteiger partial charge in [-0.05, 0) is 50.5 Å². The monoisotopic (exact) mass is 460 g/mol. The van der Waals surface area contributed by atoms with E-state index in [0.29, 0.717) is 34.9 Å². The van der Waals surface area contributed by atoms with Crippen LogP contribution >= 0.6 is 0 Å². The number of carbonyl (C=O) groups excluding carboxylic acids is 1. The summed E-state index contributed by atoms with van der Waals surface area (Å²) in [6, 6.07) is 7.12. The van der Waals surface area contributed by atoms with E-state index in [1.807, 2.05) is 12.1 Å². The molecule has 0 saturated heterocycles. The molecule has 0 aliphatic heterocycles. The predicted octanol–water partition coefficient (Wildman–Crippen LogP) is 3.77. The molecule has 0 spiro atoms. The SMILES string of the molecule is CC(C)(O)CNc1ncnc2[nH]cc(C(=O)c3ccc(Cc4ccc(C5CC5)nc4)nc3F)c12. The molecule has 0 radical (unpaired) electrons. The molecule has 1 saturated carbocycles. The van der Waals surface area contributed by atoms with Crippen molar-refractivity contribution >= 4 is 22.6 Å². The van der Waals surface area contributed by atoms with Crippen molar-refractivity contribution in [3.8, 4) is 0 Å². The Morgan fingerprint density at radius 1 is 1.18 bits per heavy atom. The van der Waals surface area contributed by atoms with Crippen LogP contribution in [0, 0.1) is 5.95 Å². The molecular weight excluding hydrogens is 435 g/mol. The summed E-state index contributed by atoms with van der Waals surface area (Å²) in [5, 5.41) is 13.5. The molecule has 4 aromatic rings. The number of hydrogen-bond donors (Lipinski definition) is 3. The first-order valence-corrected chi connectivity index (χ1v) is 11.2. The number of fused-ring (bicyclic) bond motifs is 1. The Balaban J connectivity index is 1.39. The lowest BCUT2D eigenvalue weighted by atomic mass is 10.0. The number of aromatic nitrogens is 5. The van der Waals surface area contributed by atoms with E-state index in [0.717, 1.165) is 11.3 Å². The summed E-state index contributed by atoms with van der Waals surface area (Å²) in [6.07, 6.45) is 7.44. The van der Waals surface area contributed by atoms with Gasteiger partial charge in [-0.2, -0.15) is 4.39 Å². The van der Waals surface area contributed by atoms with Crippen LogP contribution in [0.3, 0.4) is 0 Å². The van der Waals surface area contributed by atoms with Crippen LogP contribution in [0.25, 0.3) is 11.0 Å². The maximum absolute atomic E-state index is 14.9. The molecule has 34 heavy (non-hydrogen) atoms. The highest BCUT2D eigenvalue weighted by Gasteiger charge is 2.25. The largest absolute Gasteiger partial charge is 0.389 e. The van der Waals surface area contributed by atoms with Crippen LogP contribution in [-0.4, -0.2) is 48.0 Å². The number of rotatable bonds is 8. The maximum Gasteiger partial charge on any atom is 0.224 e. The Kier molecular flexibility index (Phi) is 5.57. The molecule has 0 unspecified atom stereocenters. The number of pyridine rings is 2. The Hall–Kier alpha value is -3.72. The zero-order valence-electron chi connectivity index (χ0n) is 19.0. The van der Waals surface area contributed by atoms with E-state index in [2.05, 4.69) is 30.2 Å². The second kappa shape index (κ2) is 8.57. The first-order valence-electron chi connectivity index (χ1n) is 11.2. The van der Waals surface area contributed by atoms with Crippen LogP contribution in [0.5, 0.6) is 0 Å². The van der Waals surface area contributed by atoms with Gasteiger partial charge in [-0.25, -0.2) is 15.0 Å². The standard InChI is InChI=1S/C25H25FN6O2/c1-25(2,34)12-29-24-20-18(11-28-23(20)30-13-31-24)21(33)17-7-6-16(32-22(17)26)9-14-3-8-19(27-10-14)15-4-5-15/h3,6-8,10-11,13,15,34H,4-5,9,12H2,1-2H3,(H2,28,29,30,31). The molecular formula is C25H25FN6O2. The number of nitrogens with zero attached hydrogens (tertiary/aromatic N) is 4. The van der Waals surface area contributed by atoms with Crippen molar-refractivity contribution in [2.75, 3.05) is 11.9 Å². The topological polar surface area (TPSA) is 117 Å². The van der Waals surface area contributed by atoms with E-state index in [1.54, 1.807) is 26.1 Å². The summed E-state index contributed by atoms with van der Waals surface area (Å²) in [6.45, 7) is 3.52. The minimum atomic E-state index is -0.989. The van der Waals surface area contributed by atoms with Gasteiger partial charge in [0.2, 0.25) is 5.95 Å². The molecule has 4 aromatic heterocycles. The Labute approximate surface area is 195 Å². The first-order chi connectivity index (χ1) is 16.3. The van der Waals surface area contributed by atoms with Crippen LogP contribution < -0.4 is 5.32 Å². The summed E-state index contributed by atoms with van der Waals surface area (Å²) in [5.74, 6) is -0.402. The van der Waals surface area contributed by atoms with E-state index >= 15 is 0 Å². The van der Waals surface area contributed by atoms with E-state index in [1.165, 1.54) is 31.4 Å². The van der Waals surface area contributed by atoms with Crippen molar-refractivity contribution < 1.29 is 14.3 Å². The lowest BCUT2D eigenvalue weighted by Gasteiger charge is -2.18. The molecule has 0 atom stereocenters. The van der Waals surface area contributed by atoms with Gasteiger partial charge in [-0.3, -0.25) is 9.78 Å². The zero-order chi connectivity index (χ0) is 23.9. The van der Waals surface area contributed by atoms with Crippen molar-refractivity contribution in [3.05, 3.63) is 77.0 Å². The van der Waals surface area contributed by atoms with Crippen molar-refractivity contribution in [1.82, 2.24) is 24.9 Å². The molecule has 5 rings (SSSR count). The van der Waals surface area contributed by atoms with Gasteiger partial charge in [0.25, 0.3) is 0 Å². The molecule has 1 aliphatic rings. The third-order valence-corrected chi connectivity index (χ3v) is 5.78. The molecule has 8 nitrogen and oxygen atoms in total. The van der Waals surface area contributed by atoms with Gasteiger partial charge in [-0.1, -0.05) is 6.07 Å². The maximum atomic E-state index is 14.9. The molecule has 9 heteroatoms. The van der Waals surface area contributed by atoms with Gasteiger partial charge in [0.1, 0.15) is 17.8 Å². The van der Waals surface area contributed by atoms with Crippen LogP contribution in [0.15, 0.2) is 43.0 Å². The number of ketones is 1. The molecule has 174 valence electrons. The summed E-state index contributed by atoms with van der Waals surface area (Å²) in [7, 11) is 0. The molecule has 1 fully saturated rings. The molecule has 0 amide bonds. The van der Waals surface area contributed by atoms with Gasteiger partial charge < -0.3 is 15.4 Å². The van der Waals surface area contributed by atoms with Crippen molar-refractivity contribution in [2.24, 2.45) is 0 Å². The summed E-state index contributed by atoms with van der Waals surface area (Å²) in [5.41, 5.74) is 2.09. The second-order valence-electron chi connectivity index (χ2n) is 9.33. The fourth-order valence-corrected chi connectivity index (χ4v) is 3.83. The number of carbonyl (C=O) groups is 1. The fraction of sp³-hybridized carbons (Fsp3) is 0.320. The number of aliphatic hydroxyl groups is 1. The fourth-order valence-electron chi connectivity index (χ4n) is 3.83. The number of aromatic amines is 1. The smallest absolute Gasteiger partial charge is 0.224 e. The van der Waals surface area contributed by atoms with Gasteiger partial charge in [0.15, 0.2) is 5.78 Å². The Morgan fingerprint density at radius 3 is 2.68 bits per heavy atom. The highest BCUT2D eigenvalue weighted by atomic mass is 19.1. The van der Waals surface area contributed by atoms with E-state index < -0.39 is 17.3 Å². The lowest BCUT2D eigenvalue weighted by molar-refractivity contribution is 0.0944. The quantitative estimate of drug-likeness (QED) is 0.271. The molecule has 0 bridgehead atoms. The first kappa shape index (κ1) is 22.1.